The van der Waals surface area contributed by atoms with E-state index in [9.17, 15) is 4.79 Å². The van der Waals surface area contributed by atoms with Crippen LogP contribution in [0, 0.1) is 0 Å². The van der Waals surface area contributed by atoms with Gasteiger partial charge in [-0.25, -0.2) is 4.79 Å². The van der Waals surface area contributed by atoms with Crippen LogP contribution in [0.5, 0.6) is 0 Å². The average molecular weight is 505 g/mol. The topological polar surface area (TPSA) is 26.3 Å². The van der Waals surface area contributed by atoms with Gasteiger partial charge in [0.15, 0.2) is 0 Å². The van der Waals surface area contributed by atoms with Gasteiger partial charge < -0.3 is 21.7 Å². The quantitative estimate of drug-likeness (QED) is 0.0668. The van der Waals surface area contributed by atoms with Crippen LogP contribution in [0.3, 0.4) is 0 Å². The van der Waals surface area contributed by atoms with Crippen LogP contribution >= 0.6 is 0 Å². The number of quaternary nitrogens is 1. The number of halogens is 1. The van der Waals surface area contributed by atoms with Crippen LogP contribution in [0.4, 0.5) is 0 Å². The van der Waals surface area contributed by atoms with Crippen molar-refractivity contribution < 1.29 is 31.0 Å². The average Bonchev–Trinajstić information content (AvgIpc) is 2.72. The normalized spacial score (nSPS) is 12.3. The molecule has 0 aromatic rings. The summed E-state index contributed by atoms with van der Waals surface area (Å²) >= 11 is 0. The summed E-state index contributed by atoms with van der Waals surface area (Å²) in [6.07, 6.45) is 26.3. The molecule has 0 amide bonds. The maximum absolute atomic E-state index is 11.4. The lowest BCUT2D eigenvalue weighted by atomic mass is 10.0. The molecule has 0 radical (unpaired) electrons. The number of ether oxygens (including phenoxy) is 1. The zero-order valence-corrected chi connectivity index (χ0v) is 23.0. The Morgan fingerprint density at radius 2 is 1.06 bits per heavy atom. The first-order valence-corrected chi connectivity index (χ1v) is 13.1. The van der Waals surface area contributed by atoms with Crippen molar-refractivity contribution in [1.29, 1.82) is 0 Å². The van der Waals surface area contributed by atoms with Gasteiger partial charge >= 0.3 is 5.97 Å². The number of hydrogen-bond donors (Lipinski definition) is 0. The van der Waals surface area contributed by atoms with Gasteiger partial charge in [-0.1, -0.05) is 116 Å². The predicted octanol–water partition coefficient (Wildman–Crippen LogP) is 5.18. The van der Waals surface area contributed by atoms with Gasteiger partial charge in [0.25, 0.3) is 0 Å². The van der Waals surface area contributed by atoms with Gasteiger partial charge in [0.2, 0.25) is 6.23 Å². The molecule has 0 N–H and O–H groups in total. The first kappa shape index (κ1) is 32.8. The largest absolute Gasteiger partial charge is 1.00 e. The molecule has 1 unspecified atom stereocenters. The van der Waals surface area contributed by atoms with Crippen molar-refractivity contribution in [2.45, 2.75) is 136 Å². The molecule has 1 atom stereocenters. The van der Waals surface area contributed by atoms with Crippen molar-refractivity contribution in [2.75, 3.05) is 20.6 Å². The van der Waals surface area contributed by atoms with E-state index in [0.29, 0.717) is 0 Å². The van der Waals surface area contributed by atoms with Crippen molar-refractivity contribution in [3.63, 3.8) is 0 Å². The number of nitrogens with zero attached hydrogens (tertiary/aromatic N) is 1. The molecule has 31 heavy (non-hydrogen) atoms. The molecule has 0 saturated carbocycles. The Hall–Kier alpha value is -0.350. The highest BCUT2D eigenvalue weighted by Gasteiger charge is 2.25. The van der Waals surface area contributed by atoms with E-state index in [1.54, 1.807) is 0 Å². The first-order valence-electron chi connectivity index (χ1n) is 13.1. The zero-order valence-electron chi connectivity index (χ0n) is 21.4. The second-order valence-corrected chi connectivity index (χ2v) is 9.75. The van der Waals surface area contributed by atoms with Gasteiger partial charge in [-0.3, -0.25) is 4.48 Å². The van der Waals surface area contributed by atoms with E-state index in [4.69, 9.17) is 4.74 Å². The van der Waals surface area contributed by atoms with Crippen LogP contribution in [0.25, 0.3) is 0 Å². The van der Waals surface area contributed by atoms with E-state index in [-0.39, 0.29) is 29.2 Å². The number of rotatable bonds is 22. The number of unbranched alkanes of at least 4 members (excludes halogenated alkanes) is 17. The third-order valence-corrected chi connectivity index (χ3v) is 6.53. The highest BCUT2D eigenvalue weighted by molar-refractivity contribution is 5.81. The standard InChI is InChI=1S/C27H54NO2.BrH/c1-6-8-9-10-11-12-13-14-15-16-17-18-19-20-21-22-23-24-25-28(4,5)26(3)30-27(29)7-2;/h7,26H,2,6,8-25H2,1,3-5H3;1H/q+1;/p-1. The molecule has 0 rings (SSSR count). The Bertz CT molecular complexity index is 412. The van der Waals surface area contributed by atoms with Gasteiger partial charge in [-0.05, 0) is 12.8 Å². The molecule has 0 aliphatic carbocycles. The summed E-state index contributed by atoms with van der Waals surface area (Å²) in [5.74, 6) is -0.327. The van der Waals surface area contributed by atoms with Crippen molar-refractivity contribution in [3.8, 4) is 0 Å². The fourth-order valence-electron chi connectivity index (χ4n) is 3.96. The molecule has 0 aliphatic rings. The van der Waals surface area contributed by atoms with E-state index < -0.39 is 0 Å². The SMILES string of the molecule is C=CC(=O)OC(C)[N+](C)(C)CCCCCCCCCCCCCCCCCCCC.[Br-]. The Kier molecular flexibility index (Phi) is 24.2. The third kappa shape index (κ3) is 21.3. The Balaban J connectivity index is 0. The predicted molar refractivity (Wildman–Crippen MR) is 132 cm³/mol. The lowest BCUT2D eigenvalue weighted by Gasteiger charge is -2.34. The summed E-state index contributed by atoms with van der Waals surface area (Å²) < 4.78 is 6.09. The molecule has 3 nitrogen and oxygen atoms in total. The summed E-state index contributed by atoms with van der Waals surface area (Å²) in [6, 6.07) is 0. The maximum atomic E-state index is 11.4. The summed E-state index contributed by atoms with van der Waals surface area (Å²) in [6.45, 7) is 8.77. The van der Waals surface area contributed by atoms with E-state index >= 15 is 0 Å². The monoisotopic (exact) mass is 503 g/mol. The minimum absolute atomic E-state index is 0. The minimum atomic E-state index is -0.327. The number of carbonyl (C=O) groups excluding carboxylic acids is 1. The fraction of sp³-hybridized carbons (Fsp3) is 0.889. The minimum Gasteiger partial charge on any atom is -1.00 e. The summed E-state index contributed by atoms with van der Waals surface area (Å²) in [5.41, 5.74) is 0. The Morgan fingerprint density at radius 1 is 0.742 bits per heavy atom. The fourth-order valence-corrected chi connectivity index (χ4v) is 3.96. The summed E-state index contributed by atoms with van der Waals surface area (Å²) in [4.78, 5) is 11.4. The Morgan fingerprint density at radius 3 is 1.39 bits per heavy atom. The molecule has 186 valence electrons. The van der Waals surface area contributed by atoms with Crippen LogP contribution in [0.1, 0.15) is 129 Å². The summed E-state index contributed by atoms with van der Waals surface area (Å²) in [5, 5.41) is 0. The second-order valence-electron chi connectivity index (χ2n) is 9.75. The van der Waals surface area contributed by atoms with Crippen LogP contribution in [-0.2, 0) is 9.53 Å². The number of hydrogen-bond acceptors (Lipinski definition) is 2. The van der Waals surface area contributed by atoms with Gasteiger partial charge in [0.1, 0.15) is 0 Å². The van der Waals surface area contributed by atoms with Crippen LogP contribution < -0.4 is 17.0 Å². The van der Waals surface area contributed by atoms with Crippen LogP contribution in [0.15, 0.2) is 12.7 Å². The Labute approximate surface area is 205 Å². The third-order valence-electron chi connectivity index (χ3n) is 6.53. The van der Waals surface area contributed by atoms with E-state index in [1.807, 2.05) is 6.92 Å². The van der Waals surface area contributed by atoms with E-state index in [2.05, 4.69) is 27.6 Å². The lowest BCUT2D eigenvalue weighted by Crippen LogP contribution is -3.00. The highest BCUT2D eigenvalue weighted by atomic mass is 79.9. The van der Waals surface area contributed by atoms with Gasteiger partial charge in [0, 0.05) is 13.0 Å². The summed E-state index contributed by atoms with van der Waals surface area (Å²) in [7, 11) is 4.27. The van der Waals surface area contributed by atoms with Crippen LogP contribution in [0.2, 0.25) is 0 Å². The number of carbonyl (C=O) groups is 1. The van der Waals surface area contributed by atoms with Gasteiger partial charge in [0.05, 0.1) is 20.6 Å². The van der Waals surface area contributed by atoms with Crippen LogP contribution in [-0.4, -0.2) is 37.3 Å². The van der Waals surface area contributed by atoms with Crippen molar-refractivity contribution in [1.82, 2.24) is 0 Å². The van der Waals surface area contributed by atoms with E-state index in [0.717, 1.165) is 11.0 Å². The smallest absolute Gasteiger partial charge is 0.334 e. The lowest BCUT2D eigenvalue weighted by molar-refractivity contribution is -0.932. The van der Waals surface area contributed by atoms with Gasteiger partial charge in [-0.15, -0.1) is 0 Å². The van der Waals surface area contributed by atoms with Crippen molar-refractivity contribution in [3.05, 3.63) is 12.7 Å². The molecule has 0 fully saturated rings. The molecule has 0 aromatic carbocycles. The molecular formula is C27H54BrNO2. The molecule has 0 heterocycles. The van der Waals surface area contributed by atoms with Crippen molar-refractivity contribution in [2.24, 2.45) is 0 Å². The zero-order chi connectivity index (χ0) is 22.5. The first-order chi connectivity index (χ1) is 14.4. The maximum Gasteiger partial charge on any atom is 0.334 e. The van der Waals surface area contributed by atoms with E-state index in [1.165, 1.54) is 122 Å². The molecular weight excluding hydrogens is 450 g/mol. The molecule has 4 heteroatoms. The molecule has 0 aromatic heterocycles. The van der Waals surface area contributed by atoms with Gasteiger partial charge in [-0.2, -0.15) is 0 Å². The number of esters is 1. The molecule has 0 saturated heterocycles. The molecule has 0 spiro atoms. The highest BCUT2D eigenvalue weighted by Crippen LogP contribution is 2.15. The molecule has 0 bridgehead atoms. The molecule has 0 aliphatic heterocycles. The van der Waals surface area contributed by atoms with Crippen molar-refractivity contribution >= 4 is 5.97 Å². The second kappa shape index (κ2) is 22.8.